The predicted molar refractivity (Wildman–Crippen MR) is 143 cm³/mol. The van der Waals surface area contributed by atoms with Crippen LogP contribution in [0.5, 0.6) is 0 Å². The SMILES string of the molecule is N=C(N)c1ccc(CNC(=O)[C@@H]2CCCN2C(=O)[C@@H](Cc2cccc(S(=O)[O-])c2)Nc2ccccn2)cc1. The van der Waals surface area contributed by atoms with Crippen LogP contribution in [-0.4, -0.2) is 54.9 Å². The van der Waals surface area contributed by atoms with Crippen LogP contribution in [0.3, 0.4) is 0 Å². The molecule has 10 nitrogen and oxygen atoms in total. The van der Waals surface area contributed by atoms with E-state index in [1.54, 1.807) is 65.7 Å². The molecule has 1 saturated heterocycles. The number of carbonyl (C=O) groups excluding carboxylic acids is 2. The number of benzene rings is 2. The molecule has 1 aliphatic rings. The number of pyridine rings is 1. The first-order chi connectivity index (χ1) is 18.3. The summed E-state index contributed by atoms with van der Waals surface area (Å²) in [6, 6.07) is 17.4. The van der Waals surface area contributed by atoms with Gasteiger partial charge in [-0.1, -0.05) is 42.5 Å². The first-order valence-electron chi connectivity index (χ1n) is 12.2. The molecule has 2 aromatic carbocycles. The van der Waals surface area contributed by atoms with Gasteiger partial charge in [-0.05, 0) is 59.3 Å². The summed E-state index contributed by atoms with van der Waals surface area (Å²) in [6.45, 7) is 0.722. The number of hydrogen-bond donors (Lipinski definition) is 4. The molecule has 4 rings (SSSR count). The van der Waals surface area contributed by atoms with Gasteiger partial charge in [0.2, 0.25) is 11.8 Å². The van der Waals surface area contributed by atoms with Crippen LogP contribution >= 0.6 is 0 Å². The monoisotopic (exact) mass is 533 g/mol. The molecule has 2 heterocycles. The highest BCUT2D eigenvalue weighted by atomic mass is 32.2. The Bertz CT molecular complexity index is 1320. The van der Waals surface area contributed by atoms with E-state index in [1.807, 2.05) is 0 Å². The van der Waals surface area contributed by atoms with E-state index in [1.165, 1.54) is 12.1 Å². The van der Waals surface area contributed by atoms with Crippen LogP contribution < -0.4 is 16.4 Å². The van der Waals surface area contributed by atoms with E-state index in [4.69, 9.17) is 11.1 Å². The van der Waals surface area contributed by atoms with Gasteiger partial charge in [-0.15, -0.1) is 0 Å². The van der Waals surface area contributed by atoms with Gasteiger partial charge < -0.3 is 25.8 Å². The number of nitrogen functional groups attached to an aromatic ring is 1. The van der Waals surface area contributed by atoms with E-state index < -0.39 is 23.2 Å². The molecule has 0 aliphatic carbocycles. The van der Waals surface area contributed by atoms with Crippen LogP contribution in [0.25, 0.3) is 0 Å². The Morgan fingerprint density at radius 3 is 2.61 bits per heavy atom. The molecule has 1 aromatic heterocycles. The maximum Gasteiger partial charge on any atom is 0.246 e. The Labute approximate surface area is 223 Å². The normalized spacial score (nSPS) is 16.4. The van der Waals surface area contributed by atoms with Gasteiger partial charge >= 0.3 is 0 Å². The number of nitrogens with one attached hydrogen (secondary N) is 3. The van der Waals surface area contributed by atoms with Gasteiger partial charge in [-0.25, -0.2) is 4.98 Å². The van der Waals surface area contributed by atoms with Crippen molar-refractivity contribution in [3.8, 4) is 0 Å². The van der Waals surface area contributed by atoms with Crippen molar-refractivity contribution in [2.24, 2.45) is 5.73 Å². The highest BCUT2D eigenvalue weighted by Gasteiger charge is 2.37. The van der Waals surface area contributed by atoms with E-state index in [9.17, 15) is 18.4 Å². The maximum absolute atomic E-state index is 13.8. The molecule has 1 fully saturated rings. The van der Waals surface area contributed by atoms with Gasteiger partial charge in [0, 0.05) is 36.2 Å². The number of amides is 2. The minimum absolute atomic E-state index is 0.0254. The lowest BCUT2D eigenvalue weighted by Crippen LogP contribution is -2.51. The summed E-state index contributed by atoms with van der Waals surface area (Å²) in [6.07, 6.45) is 3.06. The molecule has 0 saturated carbocycles. The average Bonchev–Trinajstić information content (AvgIpc) is 3.42. The Hall–Kier alpha value is -4.09. The van der Waals surface area contributed by atoms with Gasteiger partial charge in [-0.3, -0.25) is 19.2 Å². The molecule has 2 amide bonds. The molecule has 11 heteroatoms. The number of carbonyl (C=O) groups is 2. The number of amidine groups is 1. The van der Waals surface area contributed by atoms with Crippen LogP contribution in [-0.2, 0) is 33.6 Å². The van der Waals surface area contributed by atoms with Crippen molar-refractivity contribution in [1.29, 1.82) is 5.41 Å². The fourth-order valence-corrected chi connectivity index (χ4v) is 4.89. The topological polar surface area (TPSA) is 164 Å². The zero-order valence-electron chi connectivity index (χ0n) is 20.6. The molecular formula is C27H29N6O4S-. The second-order valence-corrected chi connectivity index (χ2v) is 9.96. The Morgan fingerprint density at radius 1 is 1.13 bits per heavy atom. The third-order valence-electron chi connectivity index (χ3n) is 6.39. The van der Waals surface area contributed by atoms with E-state index in [2.05, 4.69) is 15.6 Å². The molecule has 38 heavy (non-hydrogen) atoms. The maximum atomic E-state index is 13.8. The number of nitrogens with two attached hydrogens (primary N) is 1. The third kappa shape index (κ3) is 6.81. The van der Waals surface area contributed by atoms with Crippen LogP contribution in [0.15, 0.2) is 77.8 Å². The standard InChI is InChI=1S/C27H30N6O4S/c28-25(29)20-11-9-18(10-12-20)17-31-26(34)23-7-4-14-33(23)27(35)22(32-24-8-1-2-13-30-24)16-19-5-3-6-21(15-19)38(36)37/h1-3,5-6,8-13,15,22-23H,4,7,14,16-17H2,(H3,28,29)(H,30,32)(H,31,34)(H,36,37)/p-1/t22-,23+/m1/s1. The predicted octanol–water partition coefficient (Wildman–Crippen LogP) is 1.93. The molecular weight excluding hydrogens is 504 g/mol. The van der Waals surface area contributed by atoms with Gasteiger partial charge in [0.15, 0.2) is 0 Å². The van der Waals surface area contributed by atoms with E-state index >= 15 is 0 Å². The van der Waals surface area contributed by atoms with Crippen molar-refractivity contribution in [1.82, 2.24) is 15.2 Å². The lowest BCUT2D eigenvalue weighted by atomic mass is 10.0. The summed E-state index contributed by atoms with van der Waals surface area (Å²) in [7, 11) is 0. The van der Waals surface area contributed by atoms with Gasteiger partial charge in [0.1, 0.15) is 23.7 Å². The highest BCUT2D eigenvalue weighted by Crippen LogP contribution is 2.22. The molecule has 1 aliphatic heterocycles. The van der Waals surface area contributed by atoms with E-state index in [-0.39, 0.29) is 35.5 Å². The molecule has 0 radical (unpaired) electrons. The van der Waals surface area contributed by atoms with Gasteiger partial charge in [0.25, 0.3) is 0 Å². The summed E-state index contributed by atoms with van der Waals surface area (Å²) < 4.78 is 22.9. The largest absolute Gasteiger partial charge is 0.768 e. The zero-order chi connectivity index (χ0) is 27.1. The van der Waals surface area contributed by atoms with Crippen molar-refractivity contribution < 1.29 is 18.4 Å². The minimum atomic E-state index is -2.39. The number of nitrogens with zero attached hydrogens (tertiary/aromatic N) is 2. The summed E-state index contributed by atoms with van der Waals surface area (Å²) in [5.41, 5.74) is 7.62. The van der Waals surface area contributed by atoms with E-state index in [0.29, 0.717) is 36.3 Å². The third-order valence-corrected chi connectivity index (χ3v) is 7.02. The number of rotatable bonds is 10. The summed E-state index contributed by atoms with van der Waals surface area (Å²) in [4.78, 5) is 32.9. The van der Waals surface area contributed by atoms with Crippen molar-refractivity contribution in [2.45, 2.75) is 42.8 Å². The van der Waals surface area contributed by atoms with Crippen LogP contribution in [0.1, 0.15) is 29.5 Å². The quantitative estimate of drug-likeness (QED) is 0.176. The average molecular weight is 534 g/mol. The molecule has 0 bridgehead atoms. The smallest absolute Gasteiger partial charge is 0.246 e. The first kappa shape index (κ1) is 27.0. The first-order valence-corrected chi connectivity index (χ1v) is 13.3. The zero-order valence-corrected chi connectivity index (χ0v) is 21.4. The van der Waals surface area contributed by atoms with Crippen LogP contribution in [0.2, 0.25) is 0 Å². The molecule has 3 aromatic rings. The van der Waals surface area contributed by atoms with Crippen molar-refractivity contribution in [2.75, 3.05) is 11.9 Å². The molecule has 1 unspecified atom stereocenters. The lowest BCUT2D eigenvalue weighted by molar-refractivity contribution is -0.139. The fraction of sp³-hybridized carbons (Fsp3) is 0.259. The van der Waals surface area contributed by atoms with Crippen LogP contribution in [0, 0.1) is 5.41 Å². The Balaban J connectivity index is 1.48. The van der Waals surface area contributed by atoms with Crippen molar-refractivity contribution in [3.05, 3.63) is 89.6 Å². The number of likely N-dealkylation sites (tertiary alicyclic amines) is 1. The minimum Gasteiger partial charge on any atom is -0.768 e. The molecule has 0 spiro atoms. The molecule has 5 N–H and O–H groups in total. The second-order valence-electron chi connectivity index (χ2n) is 9.02. The van der Waals surface area contributed by atoms with Gasteiger partial charge in [0.05, 0.1) is 0 Å². The van der Waals surface area contributed by atoms with Crippen molar-refractivity contribution in [3.63, 3.8) is 0 Å². The lowest BCUT2D eigenvalue weighted by Gasteiger charge is -2.29. The second kappa shape index (κ2) is 12.4. The number of aromatic nitrogens is 1. The van der Waals surface area contributed by atoms with E-state index in [0.717, 1.165) is 5.56 Å². The van der Waals surface area contributed by atoms with Crippen LogP contribution in [0.4, 0.5) is 5.82 Å². The molecule has 3 atom stereocenters. The Morgan fingerprint density at radius 2 is 1.92 bits per heavy atom. The van der Waals surface area contributed by atoms with Gasteiger partial charge in [-0.2, -0.15) is 0 Å². The highest BCUT2D eigenvalue weighted by molar-refractivity contribution is 7.79. The number of hydrogen-bond acceptors (Lipinski definition) is 7. The van der Waals surface area contributed by atoms with Crippen molar-refractivity contribution >= 4 is 34.5 Å². The summed E-state index contributed by atoms with van der Waals surface area (Å²) in [5.74, 6) is -0.0224. The summed E-state index contributed by atoms with van der Waals surface area (Å²) in [5, 5.41) is 13.6. The fourth-order valence-electron chi connectivity index (χ4n) is 4.45. The Kier molecular flexibility index (Phi) is 8.82. The summed E-state index contributed by atoms with van der Waals surface area (Å²) >= 11 is -2.39. The molecule has 198 valence electrons. The number of anilines is 1.